The summed E-state index contributed by atoms with van der Waals surface area (Å²) in [5, 5.41) is 13.2. The number of hydrogen-bond acceptors (Lipinski definition) is 3. The van der Waals surface area contributed by atoms with E-state index in [9.17, 15) is 14.7 Å². The second kappa shape index (κ2) is 5.58. The SMILES string of the molecule is O=C(/C=C\c1ccccc1)CC1(O)C(=O)Nc2ccccc21. The first-order valence-corrected chi connectivity index (χ1v) is 6.99. The molecular formula is C18H15NO3. The fourth-order valence-electron chi connectivity index (χ4n) is 2.54. The molecule has 22 heavy (non-hydrogen) atoms. The van der Waals surface area contributed by atoms with Crippen LogP contribution in [-0.2, 0) is 15.2 Å². The topological polar surface area (TPSA) is 66.4 Å². The summed E-state index contributed by atoms with van der Waals surface area (Å²) < 4.78 is 0. The first-order chi connectivity index (χ1) is 10.6. The van der Waals surface area contributed by atoms with Crippen molar-refractivity contribution in [2.45, 2.75) is 12.0 Å². The van der Waals surface area contributed by atoms with Crippen molar-refractivity contribution in [2.75, 3.05) is 5.32 Å². The maximum absolute atomic E-state index is 12.1. The molecule has 0 spiro atoms. The summed E-state index contributed by atoms with van der Waals surface area (Å²) in [7, 11) is 0. The molecule has 3 rings (SSSR count). The lowest BCUT2D eigenvalue weighted by atomic mass is 9.90. The number of aliphatic hydroxyl groups is 1. The molecule has 2 aromatic rings. The number of rotatable bonds is 4. The Hall–Kier alpha value is -2.72. The minimum absolute atomic E-state index is 0.279. The van der Waals surface area contributed by atoms with Crippen molar-refractivity contribution in [1.29, 1.82) is 0 Å². The predicted octanol–water partition coefficient (Wildman–Crippen LogP) is 2.50. The van der Waals surface area contributed by atoms with Crippen molar-refractivity contribution in [3.05, 3.63) is 71.8 Å². The summed E-state index contributed by atoms with van der Waals surface area (Å²) in [6, 6.07) is 16.2. The lowest BCUT2D eigenvalue weighted by molar-refractivity contribution is -0.138. The van der Waals surface area contributed by atoms with Gasteiger partial charge in [0.25, 0.3) is 5.91 Å². The number of carbonyl (C=O) groups excluding carboxylic acids is 2. The summed E-state index contributed by atoms with van der Waals surface area (Å²) in [6.07, 6.45) is 2.78. The molecule has 110 valence electrons. The van der Waals surface area contributed by atoms with E-state index in [1.165, 1.54) is 6.08 Å². The zero-order valence-corrected chi connectivity index (χ0v) is 11.8. The molecule has 0 saturated carbocycles. The fraction of sp³-hybridized carbons (Fsp3) is 0.111. The number of anilines is 1. The van der Waals surface area contributed by atoms with Crippen LogP contribution in [0.4, 0.5) is 5.69 Å². The molecule has 0 fully saturated rings. The van der Waals surface area contributed by atoms with Gasteiger partial charge in [-0.1, -0.05) is 54.6 Å². The third-order valence-electron chi connectivity index (χ3n) is 3.69. The monoisotopic (exact) mass is 293 g/mol. The van der Waals surface area contributed by atoms with Crippen molar-refractivity contribution in [2.24, 2.45) is 0 Å². The number of hydrogen-bond donors (Lipinski definition) is 2. The predicted molar refractivity (Wildman–Crippen MR) is 84.1 cm³/mol. The zero-order valence-electron chi connectivity index (χ0n) is 11.8. The third kappa shape index (κ3) is 2.56. The molecule has 4 heteroatoms. The Morgan fingerprint density at radius 2 is 1.77 bits per heavy atom. The Balaban J connectivity index is 1.79. The van der Waals surface area contributed by atoms with E-state index in [1.807, 2.05) is 30.3 Å². The van der Waals surface area contributed by atoms with Crippen molar-refractivity contribution >= 4 is 23.5 Å². The van der Waals surface area contributed by atoms with Gasteiger partial charge >= 0.3 is 0 Å². The van der Waals surface area contributed by atoms with E-state index < -0.39 is 11.5 Å². The number of fused-ring (bicyclic) bond motifs is 1. The molecule has 2 aromatic carbocycles. The Morgan fingerprint density at radius 1 is 1.09 bits per heavy atom. The molecule has 1 aliphatic heterocycles. The number of benzene rings is 2. The number of ketones is 1. The molecule has 1 atom stereocenters. The van der Waals surface area contributed by atoms with E-state index in [0.29, 0.717) is 11.3 Å². The van der Waals surface area contributed by atoms with Gasteiger partial charge in [-0.2, -0.15) is 0 Å². The average Bonchev–Trinajstić information content (AvgIpc) is 2.78. The van der Waals surface area contributed by atoms with E-state index >= 15 is 0 Å². The van der Waals surface area contributed by atoms with Crippen LogP contribution in [0.15, 0.2) is 60.7 Å². The van der Waals surface area contributed by atoms with Gasteiger partial charge in [0.15, 0.2) is 11.4 Å². The summed E-state index contributed by atoms with van der Waals surface area (Å²) in [6.45, 7) is 0. The smallest absolute Gasteiger partial charge is 0.261 e. The molecule has 0 aromatic heterocycles. The number of allylic oxidation sites excluding steroid dienone is 1. The lowest BCUT2D eigenvalue weighted by Gasteiger charge is -2.18. The Bertz CT molecular complexity index is 752. The summed E-state index contributed by atoms with van der Waals surface area (Å²) in [5.41, 5.74) is 0.0877. The third-order valence-corrected chi connectivity index (χ3v) is 3.69. The molecule has 4 nitrogen and oxygen atoms in total. The quantitative estimate of drug-likeness (QED) is 0.851. The highest BCUT2D eigenvalue weighted by molar-refractivity contribution is 6.08. The summed E-state index contributed by atoms with van der Waals surface area (Å²) in [4.78, 5) is 24.1. The highest BCUT2D eigenvalue weighted by atomic mass is 16.3. The molecule has 0 bridgehead atoms. The van der Waals surface area contributed by atoms with Crippen LogP contribution < -0.4 is 5.32 Å². The molecule has 1 heterocycles. The Kier molecular flexibility index (Phi) is 3.61. The van der Waals surface area contributed by atoms with Gasteiger partial charge in [-0.05, 0) is 17.7 Å². The molecule has 0 saturated heterocycles. The number of nitrogens with one attached hydrogen (secondary N) is 1. The van der Waals surface area contributed by atoms with Gasteiger partial charge in [-0.25, -0.2) is 0 Å². The van der Waals surface area contributed by atoms with E-state index in [2.05, 4.69) is 5.32 Å². The second-order valence-electron chi connectivity index (χ2n) is 5.25. The van der Waals surface area contributed by atoms with Gasteiger partial charge in [-0.15, -0.1) is 0 Å². The maximum atomic E-state index is 12.1. The Morgan fingerprint density at radius 3 is 2.55 bits per heavy atom. The van der Waals surface area contributed by atoms with Gasteiger partial charge in [-0.3, -0.25) is 9.59 Å². The van der Waals surface area contributed by atoms with Crippen LogP contribution in [0.25, 0.3) is 6.08 Å². The van der Waals surface area contributed by atoms with Crippen molar-refractivity contribution in [3.8, 4) is 0 Å². The minimum atomic E-state index is -1.80. The summed E-state index contributed by atoms with van der Waals surface area (Å²) in [5.74, 6) is -0.867. The molecule has 1 aliphatic rings. The van der Waals surface area contributed by atoms with Gasteiger partial charge in [0.2, 0.25) is 0 Å². The van der Waals surface area contributed by atoms with Crippen LogP contribution in [0.1, 0.15) is 17.5 Å². The first-order valence-electron chi connectivity index (χ1n) is 6.99. The van der Waals surface area contributed by atoms with E-state index in [1.54, 1.807) is 30.3 Å². The van der Waals surface area contributed by atoms with E-state index in [-0.39, 0.29) is 12.2 Å². The number of amides is 1. The van der Waals surface area contributed by atoms with Crippen LogP contribution in [0, 0.1) is 0 Å². The summed E-state index contributed by atoms with van der Waals surface area (Å²) >= 11 is 0. The van der Waals surface area contributed by atoms with Gasteiger partial charge in [0.05, 0.1) is 6.42 Å². The normalized spacial score (nSPS) is 20.0. The van der Waals surface area contributed by atoms with Gasteiger partial charge < -0.3 is 10.4 Å². The highest BCUT2D eigenvalue weighted by Crippen LogP contribution is 2.38. The maximum Gasteiger partial charge on any atom is 0.261 e. The first kappa shape index (κ1) is 14.2. The average molecular weight is 293 g/mol. The largest absolute Gasteiger partial charge is 0.375 e. The van der Waals surface area contributed by atoms with Crippen LogP contribution in [0.5, 0.6) is 0 Å². The van der Waals surface area contributed by atoms with Gasteiger partial charge in [0, 0.05) is 11.3 Å². The highest BCUT2D eigenvalue weighted by Gasteiger charge is 2.46. The molecule has 0 aliphatic carbocycles. The van der Waals surface area contributed by atoms with Crippen molar-refractivity contribution < 1.29 is 14.7 Å². The molecule has 2 N–H and O–H groups in total. The molecule has 0 radical (unpaired) electrons. The minimum Gasteiger partial charge on any atom is -0.375 e. The zero-order chi connectivity index (χ0) is 15.6. The number of para-hydroxylation sites is 1. The van der Waals surface area contributed by atoms with Crippen LogP contribution >= 0.6 is 0 Å². The van der Waals surface area contributed by atoms with Crippen LogP contribution in [0.2, 0.25) is 0 Å². The molecule has 1 unspecified atom stereocenters. The fourth-order valence-corrected chi connectivity index (χ4v) is 2.54. The van der Waals surface area contributed by atoms with Crippen molar-refractivity contribution in [1.82, 2.24) is 0 Å². The standard InChI is InChI=1S/C18H15NO3/c20-14(11-10-13-6-2-1-3-7-13)12-18(22)15-8-4-5-9-16(15)19-17(18)21/h1-11,22H,12H2,(H,19,21)/b11-10-. The Labute approximate surface area is 128 Å². The molecule has 1 amide bonds. The van der Waals surface area contributed by atoms with E-state index in [4.69, 9.17) is 0 Å². The molecular weight excluding hydrogens is 278 g/mol. The van der Waals surface area contributed by atoms with Crippen molar-refractivity contribution in [3.63, 3.8) is 0 Å². The van der Waals surface area contributed by atoms with Gasteiger partial charge in [0.1, 0.15) is 0 Å². The second-order valence-corrected chi connectivity index (χ2v) is 5.25. The van der Waals surface area contributed by atoms with Crippen LogP contribution in [0.3, 0.4) is 0 Å². The number of carbonyl (C=O) groups is 2. The van der Waals surface area contributed by atoms with E-state index in [0.717, 1.165) is 5.56 Å². The van der Waals surface area contributed by atoms with Crippen LogP contribution in [-0.4, -0.2) is 16.8 Å². The lowest BCUT2D eigenvalue weighted by Crippen LogP contribution is -2.36.